The maximum Gasteiger partial charge on any atom is 0.0952 e. The highest BCUT2D eigenvalue weighted by atomic mass is 15.1. The fourth-order valence-corrected chi connectivity index (χ4v) is 3.53. The lowest BCUT2D eigenvalue weighted by Crippen LogP contribution is -2.32. The van der Waals surface area contributed by atoms with Gasteiger partial charge in [-0.2, -0.15) is 0 Å². The maximum atomic E-state index is 4.69. The number of nitrogens with one attached hydrogen (secondary N) is 1. The summed E-state index contributed by atoms with van der Waals surface area (Å²) in [6, 6.07) is 4.79. The number of imidazole rings is 1. The van der Waals surface area contributed by atoms with Gasteiger partial charge in [0, 0.05) is 25.2 Å². The molecule has 3 heteroatoms. The first-order valence-corrected chi connectivity index (χ1v) is 7.46. The third-order valence-electron chi connectivity index (χ3n) is 4.33. The smallest absolute Gasteiger partial charge is 0.0952 e. The largest absolute Gasteiger partial charge is 0.334 e. The molecule has 1 aromatic heterocycles. The van der Waals surface area contributed by atoms with Gasteiger partial charge in [0.15, 0.2) is 0 Å². The van der Waals surface area contributed by atoms with Crippen LogP contribution in [0.25, 0.3) is 0 Å². The van der Waals surface area contributed by atoms with Crippen LogP contribution in [-0.4, -0.2) is 16.1 Å². The predicted octanol–water partition coefficient (Wildman–Crippen LogP) is 3.06. The summed E-state index contributed by atoms with van der Waals surface area (Å²) in [5.41, 5.74) is 8.07. The first-order valence-electron chi connectivity index (χ1n) is 7.46. The molecule has 2 heterocycles. The molecule has 0 amide bonds. The Morgan fingerprint density at radius 2 is 1.95 bits per heavy atom. The Bertz CT molecular complexity index is 617. The van der Waals surface area contributed by atoms with E-state index in [1.165, 1.54) is 33.6 Å². The van der Waals surface area contributed by atoms with E-state index in [1.54, 1.807) is 0 Å². The van der Waals surface area contributed by atoms with Crippen LogP contribution in [0.15, 0.2) is 18.5 Å². The zero-order valence-electron chi connectivity index (χ0n) is 12.8. The minimum atomic E-state index is 0.243. The van der Waals surface area contributed by atoms with E-state index < -0.39 is 0 Å². The Morgan fingerprint density at radius 3 is 2.60 bits per heavy atom. The second-order valence-electron chi connectivity index (χ2n) is 5.81. The van der Waals surface area contributed by atoms with E-state index in [0.29, 0.717) is 0 Å². The minimum Gasteiger partial charge on any atom is -0.334 e. The molecule has 3 nitrogen and oxygen atoms in total. The third-order valence-corrected chi connectivity index (χ3v) is 4.33. The standard InChI is InChI=1S/C17H23N3/c1-5-20-10-19-16-14(20)6-7-18-17(16)15-12(3)8-11(2)9-13(15)4/h8-10,17-18H,5-7H2,1-4H3. The fourth-order valence-electron chi connectivity index (χ4n) is 3.53. The van der Waals surface area contributed by atoms with Gasteiger partial charge in [-0.15, -0.1) is 0 Å². The molecular formula is C17H23N3. The molecule has 0 fully saturated rings. The van der Waals surface area contributed by atoms with Gasteiger partial charge in [-0.05, 0) is 44.4 Å². The van der Waals surface area contributed by atoms with Crippen molar-refractivity contribution in [3.63, 3.8) is 0 Å². The first kappa shape index (κ1) is 13.4. The first-order chi connectivity index (χ1) is 9.61. The van der Waals surface area contributed by atoms with E-state index in [9.17, 15) is 0 Å². The molecule has 20 heavy (non-hydrogen) atoms. The van der Waals surface area contributed by atoms with Crippen molar-refractivity contribution < 1.29 is 0 Å². The van der Waals surface area contributed by atoms with Crippen molar-refractivity contribution in [3.05, 3.63) is 52.1 Å². The summed E-state index contributed by atoms with van der Waals surface area (Å²) in [6.45, 7) is 10.8. The topological polar surface area (TPSA) is 29.9 Å². The Balaban J connectivity index is 2.12. The lowest BCUT2D eigenvalue weighted by atomic mass is 9.89. The molecule has 0 radical (unpaired) electrons. The molecule has 1 atom stereocenters. The van der Waals surface area contributed by atoms with Crippen molar-refractivity contribution in [3.8, 4) is 0 Å². The Morgan fingerprint density at radius 1 is 1.25 bits per heavy atom. The number of fused-ring (bicyclic) bond motifs is 1. The zero-order chi connectivity index (χ0) is 14.3. The number of hydrogen-bond donors (Lipinski definition) is 1. The molecular weight excluding hydrogens is 246 g/mol. The van der Waals surface area contributed by atoms with Crippen LogP contribution >= 0.6 is 0 Å². The summed E-state index contributed by atoms with van der Waals surface area (Å²) in [4.78, 5) is 4.69. The van der Waals surface area contributed by atoms with Gasteiger partial charge in [-0.1, -0.05) is 17.7 Å². The van der Waals surface area contributed by atoms with Gasteiger partial charge in [0.2, 0.25) is 0 Å². The van der Waals surface area contributed by atoms with E-state index in [2.05, 4.69) is 49.7 Å². The molecule has 0 saturated heterocycles. The lowest BCUT2D eigenvalue weighted by Gasteiger charge is -2.27. The maximum absolute atomic E-state index is 4.69. The van der Waals surface area contributed by atoms with Gasteiger partial charge in [-0.3, -0.25) is 0 Å². The van der Waals surface area contributed by atoms with Crippen LogP contribution in [0.3, 0.4) is 0 Å². The van der Waals surface area contributed by atoms with E-state index in [0.717, 1.165) is 19.5 Å². The number of rotatable bonds is 2. The molecule has 1 aliphatic rings. The van der Waals surface area contributed by atoms with Crippen molar-refractivity contribution in [2.75, 3.05) is 6.54 Å². The SMILES string of the molecule is CCn1cnc2c1CCNC2c1c(C)cc(C)cc1C. The average molecular weight is 269 g/mol. The summed E-state index contributed by atoms with van der Waals surface area (Å²) < 4.78 is 2.28. The number of hydrogen-bond acceptors (Lipinski definition) is 2. The normalized spacial score (nSPS) is 18.1. The molecule has 1 N–H and O–H groups in total. The monoisotopic (exact) mass is 269 g/mol. The van der Waals surface area contributed by atoms with E-state index in [-0.39, 0.29) is 6.04 Å². The lowest BCUT2D eigenvalue weighted by molar-refractivity contribution is 0.534. The van der Waals surface area contributed by atoms with Crippen LogP contribution in [-0.2, 0) is 13.0 Å². The quantitative estimate of drug-likeness (QED) is 0.908. The average Bonchev–Trinajstić information content (AvgIpc) is 2.81. The highest BCUT2D eigenvalue weighted by Gasteiger charge is 2.27. The van der Waals surface area contributed by atoms with Gasteiger partial charge in [-0.25, -0.2) is 4.98 Å². The molecule has 3 rings (SSSR count). The Kier molecular flexibility index (Phi) is 3.38. The number of aromatic nitrogens is 2. The molecule has 0 aliphatic carbocycles. The number of nitrogens with zero attached hydrogens (tertiary/aromatic N) is 2. The van der Waals surface area contributed by atoms with E-state index >= 15 is 0 Å². The molecule has 106 valence electrons. The summed E-state index contributed by atoms with van der Waals surface area (Å²) in [5, 5.41) is 3.65. The van der Waals surface area contributed by atoms with Crippen LogP contribution in [0.4, 0.5) is 0 Å². The third kappa shape index (κ3) is 2.06. The molecule has 0 saturated carbocycles. The van der Waals surface area contributed by atoms with Crippen molar-refractivity contribution in [2.24, 2.45) is 0 Å². The van der Waals surface area contributed by atoms with Crippen molar-refractivity contribution in [2.45, 2.75) is 46.7 Å². The predicted molar refractivity (Wildman–Crippen MR) is 82.1 cm³/mol. The van der Waals surface area contributed by atoms with E-state index in [1.807, 2.05) is 6.33 Å². The summed E-state index contributed by atoms with van der Waals surface area (Å²) in [5.74, 6) is 0. The van der Waals surface area contributed by atoms with Gasteiger partial charge in [0.05, 0.1) is 18.1 Å². The van der Waals surface area contributed by atoms with Crippen molar-refractivity contribution >= 4 is 0 Å². The highest BCUT2D eigenvalue weighted by Crippen LogP contribution is 2.32. The molecule has 2 aromatic rings. The summed E-state index contributed by atoms with van der Waals surface area (Å²) >= 11 is 0. The Hall–Kier alpha value is -1.61. The van der Waals surface area contributed by atoms with Gasteiger partial charge in [0.25, 0.3) is 0 Å². The van der Waals surface area contributed by atoms with E-state index in [4.69, 9.17) is 4.98 Å². The Labute approximate surface area is 121 Å². The zero-order valence-corrected chi connectivity index (χ0v) is 12.8. The molecule has 1 unspecified atom stereocenters. The number of benzene rings is 1. The van der Waals surface area contributed by atoms with Crippen LogP contribution in [0.1, 0.15) is 46.6 Å². The summed E-state index contributed by atoms with van der Waals surface area (Å²) in [7, 11) is 0. The number of aryl methyl sites for hydroxylation is 4. The minimum absolute atomic E-state index is 0.243. The van der Waals surface area contributed by atoms with Crippen LogP contribution in [0.5, 0.6) is 0 Å². The van der Waals surface area contributed by atoms with Gasteiger partial charge >= 0.3 is 0 Å². The van der Waals surface area contributed by atoms with Gasteiger partial charge < -0.3 is 9.88 Å². The second-order valence-corrected chi connectivity index (χ2v) is 5.81. The summed E-state index contributed by atoms with van der Waals surface area (Å²) in [6.07, 6.45) is 3.06. The van der Waals surface area contributed by atoms with Crippen molar-refractivity contribution in [1.82, 2.24) is 14.9 Å². The van der Waals surface area contributed by atoms with Crippen LogP contribution in [0, 0.1) is 20.8 Å². The van der Waals surface area contributed by atoms with Gasteiger partial charge in [0.1, 0.15) is 0 Å². The fraction of sp³-hybridized carbons (Fsp3) is 0.471. The molecule has 1 aliphatic heterocycles. The highest BCUT2D eigenvalue weighted by molar-refractivity contribution is 5.44. The van der Waals surface area contributed by atoms with Crippen molar-refractivity contribution in [1.29, 1.82) is 0 Å². The molecule has 1 aromatic carbocycles. The van der Waals surface area contributed by atoms with Crippen LogP contribution < -0.4 is 5.32 Å². The van der Waals surface area contributed by atoms with Crippen LogP contribution in [0.2, 0.25) is 0 Å². The molecule has 0 bridgehead atoms. The second kappa shape index (κ2) is 5.06. The molecule has 0 spiro atoms.